The van der Waals surface area contributed by atoms with Crippen LogP contribution in [0.1, 0.15) is 15.9 Å². The van der Waals surface area contributed by atoms with Crippen molar-refractivity contribution < 1.29 is 10.5 Å². The Morgan fingerprint density at radius 1 is 1.33 bits per heavy atom. The maximum absolute atomic E-state index is 11.6. The molecule has 0 spiro atoms. The Balaban J connectivity index is 2.65. The van der Waals surface area contributed by atoms with Crippen molar-refractivity contribution in [3.8, 4) is 0 Å². The highest BCUT2D eigenvalue weighted by atomic mass is 35.5. The molecule has 0 aromatic heterocycles. The first-order valence-corrected chi connectivity index (χ1v) is 5.37. The summed E-state index contributed by atoms with van der Waals surface area (Å²) in [4.78, 5) is 10.9. The number of hydrogen-bond acceptors (Lipinski definition) is 1. The van der Waals surface area contributed by atoms with Crippen molar-refractivity contribution in [2.75, 3.05) is 0 Å². The molecule has 0 aliphatic carbocycles. The molecule has 0 radical (unpaired) electrons. The second-order valence-electron chi connectivity index (χ2n) is 3.28. The number of halogens is 2. The van der Waals surface area contributed by atoms with Gasteiger partial charge in [0.15, 0.2) is 11.0 Å². The summed E-state index contributed by atoms with van der Waals surface area (Å²) in [5.41, 5.74) is 5.30. The van der Waals surface area contributed by atoms with E-state index in [1.807, 2.05) is 19.1 Å². The van der Waals surface area contributed by atoms with Gasteiger partial charge in [0, 0.05) is 5.56 Å². The van der Waals surface area contributed by atoms with Crippen LogP contribution in [0.3, 0.4) is 0 Å². The molecule has 0 saturated carbocycles. The van der Waals surface area contributed by atoms with Crippen molar-refractivity contribution in [1.82, 2.24) is 5.32 Å². The fourth-order valence-corrected chi connectivity index (χ4v) is 1.15. The molecular formula is C10H13Cl2N2O+. The molecule has 15 heavy (non-hydrogen) atoms. The number of aryl methyl sites for hydroxylation is 1. The van der Waals surface area contributed by atoms with Crippen LogP contribution in [-0.4, -0.2) is 16.9 Å². The van der Waals surface area contributed by atoms with Crippen molar-refractivity contribution >= 4 is 29.1 Å². The first-order chi connectivity index (χ1) is 7.00. The van der Waals surface area contributed by atoms with Crippen LogP contribution in [0.25, 0.3) is 0 Å². The molecule has 0 heterocycles. The number of alkyl halides is 2. The van der Waals surface area contributed by atoms with E-state index in [1.54, 1.807) is 12.1 Å². The molecule has 1 aromatic carbocycles. The van der Waals surface area contributed by atoms with E-state index in [9.17, 15) is 4.79 Å². The van der Waals surface area contributed by atoms with Gasteiger partial charge in [-0.2, -0.15) is 0 Å². The zero-order valence-electron chi connectivity index (χ0n) is 8.34. The van der Waals surface area contributed by atoms with Crippen molar-refractivity contribution in [2.45, 2.75) is 17.9 Å². The predicted octanol–water partition coefficient (Wildman–Crippen LogP) is 1.10. The molecule has 1 amide bonds. The maximum atomic E-state index is 11.6. The molecule has 0 saturated heterocycles. The lowest BCUT2D eigenvalue weighted by Crippen LogP contribution is -2.71. The van der Waals surface area contributed by atoms with Gasteiger partial charge >= 0.3 is 0 Å². The minimum Gasteiger partial charge on any atom is -0.336 e. The Labute approximate surface area is 98.5 Å². The van der Waals surface area contributed by atoms with E-state index < -0.39 is 11.0 Å². The number of rotatable bonds is 3. The van der Waals surface area contributed by atoms with Gasteiger partial charge in [-0.15, -0.1) is 0 Å². The van der Waals surface area contributed by atoms with E-state index in [-0.39, 0.29) is 5.91 Å². The number of carbonyl (C=O) groups is 1. The highest BCUT2D eigenvalue weighted by Crippen LogP contribution is 2.05. The quantitative estimate of drug-likeness (QED) is 0.610. The van der Waals surface area contributed by atoms with Crippen molar-refractivity contribution in [3.63, 3.8) is 0 Å². The molecule has 1 rings (SSSR count). The third-order valence-corrected chi connectivity index (χ3v) is 2.54. The van der Waals surface area contributed by atoms with Gasteiger partial charge in [0.25, 0.3) is 5.91 Å². The minimum atomic E-state index is -0.709. The minimum absolute atomic E-state index is 0.221. The summed E-state index contributed by atoms with van der Waals surface area (Å²) in [7, 11) is 0. The summed E-state index contributed by atoms with van der Waals surface area (Å²) >= 11 is 11.1. The highest BCUT2D eigenvalue weighted by molar-refractivity contribution is 6.44. The van der Waals surface area contributed by atoms with E-state index in [0.717, 1.165) is 5.56 Å². The average Bonchev–Trinajstić information content (AvgIpc) is 2.18. The fraction of sp³-hybridized carbons (Fsp3) is 0.300. The second-order valence-corrected chi connectivity index (χ2v) is 4.44. The molecule has 3 nitrogen and oxygen atoms in total. The standard InChI is InChI=1S/C10H12Cl2N2O/c1-6-2-4-7(5-3-6)10(15)14-9(13)8(11)12/h2-5,8-9H,13H2,1H3,(H,14,15)/p+1. The SMILES string of the molecule is Cc1ccc(C(=O)NC([NH3+])C(Cl)Cl)cc1. The predicted molar refractivity (Wildman–Crippen MR) is 60.8 cm³/mol. The van der Waals surface area contributed by atoms with E-state index in [2.05, 4.69) is 11.1 Å². The fourth-order valence-electron chi connectivity index (χ4n) is 1.02. The van der Waals surface area contributed by atoms with Gasteiger partial charge in [-0.1, -0.05) is 40.9 Å². The lowest BCUT2D eigenvalue weighted by atomic mass is 10.1. The van der Waals surface area contributed by atoms with Crippen LogP contribution in [0, 0.1) is 6.92 Å². The summed E-state index contributed by atoms with van der Waals surface area (Å²) < 4.78 is 0. The maximum Gasteiger partial charge on any atom is 0.255 e. The van der Waals surface area contributed by atoms with Crippen LogP contribution in [0.15, 0.2) is 24.3 Å². The van der Waals surface area contributed by atoms with Crippen LogP contribution in [0.2, 0.25) is 0 Å². The van der Waals surface area contributed by atoms with E-state index >= 15 is 0 Å². The van der Waals surface area contributed by atoms with Crippen LogP contribution in [0.5, 0.6) is 0 Å². The number of hydrogen-bond donors (Lipinski definition) is 2. The zero-order valence-corrected chi connectivity index (χ0v) is 9.85. The van der Waals surface area contributed by atoms with Crippen LogP contribution < -0.4 is 11.1 Å². The topological polar surface area (TPSA) is 56.7 Å². The van der Waals surface area contributed by atoms with Gasteiger partial charge in [-0.05, 0) is 19.1 Å². The van der Waals surface area contributed by atoms with Gasteiger partial charge in [-0.3, -0.25) is 4.79 Å². The first-order valence-electron chi connectivity index (χ1n) is 4.49. The molecule has 0 bridgehead atoms. The summed E-state index contributed by atoms with van der Waals surface area (Å²) in [5.74, 6) is -0.221. The zero-order chi connectivity index (χ0) is 11.4. The number of carbonyl (C=O) groups excluding carboxylic acids is 1. The Morgan fingerprint density at radius 2 is 1.87 bits per heavy atom. The smallest absolute Gasteiger partial charge is 0.255 e. The summed E-state index contributed by atoms with van der Waals surface area (Å²) in [6.07, 6.45) is -0.512. The molecule has 0 aliphatic heterocycles. The average molecular weight is 248 g/mol. The molecule has 1 atom stereocenters. The third kappa shape index (κ3) is 3.70. The van der Waals surface area contributed by atoms with Crippen molar-refractivity contribution in [3.05, 3.63) is 35.4 Å². The Kier molecular flexibility index (Phi) is 4.39. The number of amides is 1. The molecular weight excluding hydrogens is 235 g/mol. The molecule has 1 aromatic rings. The first kappa shape index (κ1) is 12.3. The molecule has 5 heteroatoms. The van der Waals surface area contributed by atoms with Gasteiger partial charge in [0.05, 0.1) is 0 Å². The Bertz CT molecular complexity index is 338. The van der Waals surface area contributed by atoms with Gasteiger partial charge < -0.3 is 11.1 Å². The summed E-state index contributed by atoms with van der Waals surface area (Å²) in [6, 6.07) is 7.22. The van der Waals surface area contributed by atoms with E-state index in [1.165, 1.54) is 0 Å². The highest BCUT2D eigenvalue weighted by Gasteiger charge is 2.18. The van der Waals surface area contributed by atoms with Gasteiger partial charge in [0.1, 0.15) is 0 Å². The number of quaternary nitrogens is 1. The van der Waals surface area contributed by atoms with Gasteiger partial charge in [0.2, 0.25) is 0 Å². The Morgan fingerprint density at radius 3 is 2.33 bits per heavy atom. The van der Waals surface area contributed by atoms with Crippen molar-refractivity contribution in [1.29, 1.82) is 0 Å². The monoisotopic (exact) mass is 247 g/mol. The van der Waals surface area contributed by atoms with E-state index in [0.29, 0.717) is 5.56 Å². The van der Waals surface area contributed by atoms with Crippen LogP contribution >= 0.6 is 23.2 Å². The summed E-state index contributed by atoms with van der Waals surface area (Å²) in [5, 5.41) is 2.60. The summed E-state index contributed by atoms with van der Waals surface area (Å²) in [6.45, 7) is 1.96. The molecule has 0 fully saturated rings. The lowest BCUT2D eigenvalue weighted by molar-refractivity contribution is -0.420. The second kappa shape index (κ2) is 5.35. The van der Waals surface area contributed by atoms with Gasteiger partial charge in [-0.25, -0.2) is 0 Å². The van der Waals surface area contributed by atoms with Crippen LogP contribution in [-0.2, 0) is 0 Å². The Hall–Kier alpha value is -0.770. The lowest BCUT2D eigenvalue weighted by Gasteiger charge is -2.11. The van der Waals surface area contributed by atoms with E-state index in [4.69, 9.17) is 23.2 Å². The molecule has 82 valence electrons. The van der Waals surface area contributed by atoms with Crippen LogP contribution in [0.4, 0.5) is 0 Å². The largest absolute Gasteiger partial charge is 0.336 e. The molecule has 0 aliphatic rings. The van der Waals surface area contributed by atoms with Crippen molar-refractivity contribution in [2.24, 2.45) is 0 Å². The normalized spacial score (nSPS) is 12.6. The molecule has 1 unspecified atom stereocenters. The number of nitrogens with one attached hydrogen (secondary N) is 1. The molecule has 4 N–H and O–H groups in total. The third-order valence-electron chi connectivity index (χ3n) is 1.93. The number of benzene rings is 1.